The van der Waals surface area contributed by atoms with E-state index in [1.807, 2.05) is 4.72 Å². The van der Waals surface area contributed by atoms with Gasteiger partial charge < -0.3 is 9.84 Å². The summed E-state index contributed by atoms with van der Waals surface area (Å²) >= 11 is 0. The zero-order valence-corrected chi connectivity index (χ0v) is 14.6. The first-order chi connectivity index (χ1) is 11.0. The number of nitrogens with one attached hydrogen (secondary N) is 1. The van der Waals surface area contributed by atoms with Crippen molar-refractivity contribution in [3.63, 3.8) is 0 Å². The molecule has 0 spiro atoms. The molecule has 0 radical (unpaired) electrons. The van der Waals surface area contributed by atoms with Crippen LogP contribution in [-0.2, 0) is 28.0 Å². The fraction of sp³-hybridized carbons (Fsp3) is 0.533. The maximum Gasteiger partial charge on any atom is 0.410 e. The number of hydrogen-bond donors (Lipinski definition) is 3. The van der Waals surface area contributed by atoms with Gasteiger partial charge in [0, 0.05) is 6.54 Å². The van der Waals surface area contributed by atoms with Crippen molar-refractivity contribution in [3.8, 4) is 0 Å². The first kappa shape index (κ1) is 18.5. The number of carbonyl (C=O) groups is 1. The summed E-state index contributed by atoms with van der Waals surface area (Å²) in [5.74, 6) is 0. The normalized spacial score (nSPS) is 18.0. The van der Waals surface area contributed by atoms with Crippen molar-refractivity contribution in [2.75, 3.05) is 11.3 Å². The van der Waals surface area contributed by atoms with E-state index in [9.17, 15) is 18.3 Å². The third-order valence-corrected chi connectivity index (χ3v) is 4.02. The van der Waals surface area contributed by atoms with Crippen LogP contribution in [0.5, 0.6) is 0 Å². The topological polar surface area (TPSA) is 116 Å². The number of hydrogen-bond acceptors (Lipinski definition) is 5. The average molecular weight is 358 g/mol. The Morgan fingerprint density at radius 3 is 2.58 bits per heavy atom. The predicted molar refractivity (Wildman–Crippen MR) is 88.0 cm³/mol. The van der Waals surface area contributed by atoms with Gasteiger partial charge in [-0.05, 0) is 50.5 Å². The van der Waals surface area contributed by atoms with Crippen molar-refractivity contribution in [1.82, 2.24) is 4.90 Å². The number of fused-ring (bicyclic) bond motifs is 1. The molecule has 0 saturated carbocycles. The standard InChI is InChI=1S/C15H22N2O6S/c1-15(2,3)23-14(19)17-8-11-6-12(16-24(20,21)22)5-4-10(11)7-13(17)9-18/h4-6,13,16,18H,7-9H2,1-3H3,(H,20,21,22)/t13-/m0/s1. The molecule has 1 aliphatic heterocycles. The highest BCUT2D eigenvalue weighted by atomic mass is 32.2. The van der Waals surface area contributed by atoms with Crippen LogP contribution in [0.25, 0.3) is 0 Å². The van der Waals surface area contributed by atoms with E-state index < -0.39 is 28.0 Å². The summed E-state index contributed by atoms with van der Waals surface area (Å²) in [6.45, 7) is 5.24. The first-order valence-corrected chi connectivity index (χ1v) is 8.90. The smallest absolute Gasteiger partial charge is 0.410 e. The molecule has 1 amide bonds. The Bertz CT molecular complexity index is 726. The molecule has 0 unspecified atom stereocenters. The largest absolute Gasteiger partial charge is 0.444 e. The maximum absolute atomic E-state index is 12.3. The van der Waals surface area contributed by atoms with Gasteiger partial charge in [0.25, 0.3) is 0 Å². The van der Waals surface area contributed by atoms with Crippen molar-refractivity contribution < 1.29 is 27.6 Å². The van der Waals surface area contributed by atoms with Crippen molar-refractivity contribution in [2.24, 2.45) is 0 Å². The number of aliphatic hydroxyl groups is 1. The van der Waals surface area contributed by atoms with E-state index in [-0.39, 0.29) is 18.8 Å². The first-order valence-electron chi connectivity index (χ1n) is 7.46. The highest BCUT2D eigenvalue weighted by molar-refractivity contribution is 7.87. The minimum absolute atomic E-state index is 0.177. The van der Waals surface area contributed by atoms with Gasteiger partial charge in [-0.1, -0.05) is 6.07 Å². The van der Waals surface area contributed by atoms with Gasteiger partial charge in [-0.3, -0.25) is 14.2 Å². The lowest BCUT2D eigenvalue weighted by molar-refractivity contribution is 0.00462. The Kier molecular flexibility index (Phi) is 5.07. The number of rotatable bonds is 3. The Morgan fingerprint density at radius 1 is 1.38 bits per heavy atom. The van der Waals surface area contributed by atoms with E-state index >= 15 is 0 Å². The second-order valence-corrected chi connectivity index (χ2v) is 7.86. The van der Waals surface area contributed by atoms with Crippen molar-refractivity contribution in [2.45, 2.75) is 45.4 Å². The van der Waals surface area contributed by atoms with E-state index in [0.29, 0.717) is 6.42 Å². The fourth-order valence-electron chi connectivity index (χ4n) is 2.56. The van der Waals surface area contributed by atoms with Crippen LogP contribution in [0.3, 0.4) is 0 Å². The second kappa shape index (κ2) is 6.58. The molecule has 0 fully saturated rings. The van der Waals surface area contributed by atoms with E-state index in [0.717, 1.165) is 11.1 Å². The van der Waals surface area contributed by atoms with Gasteiger partial charge in [-0.2, -0.15) is 8.42 Å². The van der Waals surface area contributed by atoms with Crippen LogP contribution in [0.1, 0.15) is 31.9 Å². The van der Waals surface area contributed by atoms with Crippen molar-refractivity contribution in [1.29, 1.82) is 0 Å². The Morgan fingerprint density at radius 2 is 2.04 bits per heavy atom. The lowest BCUT2D eigenvalue weighted by Gasteiger charge is -2.37. The third-order valence-electron chi connectivity index (χ3n) is 3.53. The quantitative estimate of drug-likeness (QED) is 0.706. The summed E-state index contributed by atoms with van der Waals surface area (Å²) in [5.41, 5.74) is 1.16. The summed E-state index contributed by atoms with van der Waals surface area (Å²) < 4.78 is 38.1. The number of ether oxygens (including phenoxy) is 1. The molecule has 0 aromatic heterocycles. The number of amides is 1. The minimum Gasteiger partial charge on any atom is -0.444 e. The molecule has 0 aliphatic carbocycles. The molecule has 2 rings (SSSR count). The minimum atomic E-state index is -4.37. The van der Waals surface area contributed by atoms with Gasteiger partial charge in [0.05, 0.1) is 18.3 Å². The number of carbonyl (C=O) groups excluding carboxylic acids is 1. The van der Waals surface area contributed by atoms with Gasteiger partial charge in [-0.15, -0.1) is 0 Å². The molecule has 3 N–H and O–H groups in total. The van der Waals surface area contributed by atoms with Crippen LogP contribution in [0.4, 0.5) is 10.5 Å². The highest BCUT2D eigenvalue weighted by Gasteiger charge is 2.32. The molecule has 1 aromatic rings. The molecule has 1 aromatic carbocycles. The van der Waals surface area contributed by atoms with Crippen LogP contribution < -0.4 is 4.72 Å². The summed E-state index contributed by atoms with van der Waals surface area (Å²) in [6, 6.07) is 4.36. The van der Waals surface area contributed by atoms with Crippen LogP contribution in [-0.4, -0.2) is 47.3 Å². The van der Waals surface area contributed by atoms with Gasteiger partial charge in [-0.25, -0.2) is 4.79 Å². The highest BCUT2D eigenvalue weighted by Crippen LogP contribution is 2.27. The average Bonchev–Trinajstić information content (AvgIpc) is 2.42. The SMILES string of the molecule is CC(C)(C)OC(=O)N1Cc2cc(NS(=O)(=O)O)ccc2C[C@H]1CO. The van der Waals surface area contributed by atoms with Gasteiger partial charge in [0.15, 0.2) is 0 Å². The molecular weight excluding hydrogens is 336 g/mol. The fourth-order valence-corrected chi connectivity index (χ4v) is 2.98. The molecule has 134 valence electrons. The molecule has 0 bridgehead atoms. The van der Waals surface area contributed by atoms with E-state index in [1.165, 1.54) is 11.0 Å². The van der Waals surface area contributed by atoms with E-state index in [4.69, 9.17) is 9.29 Å². The van der Waals surface area contributed by atoms with Crippen molar-refractivity contribution >= 4 is 22.1 Å². The molecule has 9 heteroatoms. The number of nitrogens with zero attached hydrogens (tertiary/aromatic N) is 1. The summed E-state index contributed by atoms with van der Waals surface area (Å²) in [5, 5.41) is 9.57. The van der Waals surface area contributed by atoms with E-state index in [1.54, 1.807) is 32.9 Å². The molecule has 1 atom stereocenters. The lowest BCUT2D eigenvalue weighted by Crippen LogP contribution is -2.48. The van der Waals surface area contributed by atoms with Gasteiger partial charge in [0.1, 0.15) is 5.60 Å². The summed E-state index contributed by atoms with van der Waals surface area (Å²) in [4.78, 5) is 13.8. The molecular formula is C15H22N2O6S. The predicted octanol–water partition coefficient (Wildman–Crippen LogP) is 1.56. The number of anilines is 1. The van der Waals surface area contributed by atoms with Crippen molar-refractivity contribution in [3.05, 3.63) is 29.3 Å². The number of benzene rings is 1. The van der Waals surface area contributed by atoms with Gasteiger partial charge in [0.2, 0.25) is 0 Å². The molecule has 8 nitrogen and oxygen atoms in total. The zero-order valence-electron chi connectivity index (χ0n) is 13.8. The second-order valence-electron chi connectivity index (χ2n) is 6.71. The molecule has 24 heavy (non-hydrogen) atoms. The zero-order chi connectivity index (χ0) is 18.1. The number of aliphatic hydroxyl groups excluding tert-OH is 1. The monoisotopic (exact) mass is 358 g/mol. The lowest BCUT2D eigenvalue weighted by atomic mass is 9.94. The maximum atomic E-state index is 12.3. The molecule has 0 saturated heterocycles. The molecule has 1 aliphatic rings. The van der Waals surface area contributed by atoms with Gasteiger partial charge >= 0.3 is 16.4 Å². The van der Waals surface area contributed by atoms with Crippen LogP contribution in [0, 0.1) is 0 Å². The van der Waals surface area contributed by atoms with Crippen LogP contribution in [0.15, 0.2) is 18.2 Å². The third kappa shape index (κ3) is 4.83. The van der Waals surface area contributed by atoms with E-state index in [2.05, 4.69) is 0 Å². The Labute approximate surface area is 141 Å². The van der Waals surface area contributed by atoms with Crippen LogP contribution in [0.2, 0.25) is 0 Å². The summed E-state index contributed by atoms with van der Waals surface area (Å²) in [7, 11) is -4.37. The summed E-state index contributed by atoms with van der Waals surface area (Å²) in [6.07, 6.45) is -0.114. The Balaban J connectivity index is 2.27. The van der Waals surface area contributed by atoms with Crippen LogP contribution >= 0.6 is 0 Å². The molecule has 1 heterocycles. The Hall–Kier alpha value is -1.84.